The predicted molar refractivity (Wildman–Crippen MR) is 77.7 cm³/mol. The van der Waals surface area contributed by atoms with Crippen LogP contribution in [0, 0.1) is 0 Å². The van der Waals surface area contributed by atoms with Crippen molar-refractivity contribution in [2.75, 3.05) is 12.8 Å². The number of hydrogen-bond acceptors (Lipinski definition) is 5. The molecule has 6 heteroatoms. The molecule has 0 aromatic carbocycles. The van der Waals surface area contributed by atoms with Crippen molar-refractivity contribution in [3.63, 3.8) is 0 Å². The minimum absolute atomic E-state index is 0.122. The highest BCUT2D eigenvalue weighted by Crippen LogP contribution is 2.25. The Kier molecular flexibility index (Phi) is 4.82. The van der Waals surface area contributed by atoms with Crippen LogP contribution in [-0.4, -0.2) is 23.8 Å². The van der Waals surface area contributed by atoms with Gasteiger partial charge in [0.25, 0.3) is 5.91 Å². The maximum absolute atomic E-state index is 11.9. The second kappa shape index (κ2) is 6.38. The van der Waals surface area contributed by atoms with E-state index in [4.69, 9.17) is 0 Å². The predicted octanol–water partition coefficient (Wildman–Crippen LogP) is 2.99. The first-order valence-corrected chi connectivity index (χ1v) is 8.37. The minimum atomic E-state index is -0.641. The van der Waals surface area contributed by atoms with Crippen molar-refractivity contribution in [1.82, 2.24) is 5.32 Å². The quantitative estimate of drug-likeness (QED) is 0.835. The van der Waals surface area contributed by atoms with E-state index in [9.17, 15) is 9.90 Å². The second-order valence-corrected chi connectivity index (χ2v) is 6.14. The number of amides is 1. The Balaban J connectivity index is 1.93. The third-order valence-corrected chi connectivity index (χ3v) is 4.96. The summed E-state index contributed by atoms with van der Waals surface area (Å²) >= 11 is 4.50. The number of carbonyl (C=O) groups excluding carboxylic acids is 1. The van der Waals surface area contributed by atoms with Crippen LogP contribution in [0.15, 0.2) is 33.2 Å². The van der Waals surface area contributed by atoms with E-state index in [1.165, 1.54) is 22.7 Å². The van der Waals surface area contributed by atoms with E-state index >= 15 is 0 Å². The molecule has 0 fully saturated rings. The molecule has 0 bridgehead atoms. The van der Waals surface area contributed by atoms with Gasteiger partial charge in [-0.15, -0.1) is 23.1 Å². The van der Waals surface area contributed by atoms with Crippen LogP contribution in [-0.2, 0) is 0 Å². The molecule has 0 aliphatic rings. The summed E-state index contributed by atoms with van der Waals surface area (Å²) in [6, 6.07) is 3.79. The van der Waals surface area contributed by atoms with Crippen LogP contribution in [0.3, 0.4) is 0 Å². The highest BCUT2D eigenvalue weighted by molar-refractivity contribution is 7.98. The van der Waals surface area contributed by atoms with Gasteiger partial charge in [-0.3, -0.25) is 4.79 Å². The van der Waals surface area contributed by atoms with Gasteiger partial charge in [0, 0.05) is 11.4 Å². The van der Waals surface area contributed by atoms with E-state index in [-0.39, 0.29) is 12.5 Å². The second-order valence-electron chi connectivity index (χ2n) is 3.60. The third-order valence-electron chi connectivity index (χ3n) is 2.44. The molecule has 1 amide bonds. The lowest BCUT2D eigenvalue weighted by Gasteiger charge is -2.10. The van der Waals surface area contributed by atoms with E-state index < -0.39 is 6.10 Å². The fourth-order valence-electron chi connectivity index (χ4n) is 1.48. The van der Waals surface area contributed by atoms with Gasteiger partial charge >= 0.3 is 0 Å². The van der Waals surface area contributed by atoms with Crippen molar-refractivity contribution in [3.05, 3.63) is 38.7 Å². The van der Waals surface area contributed by atoms with Gasteiger partial charge in [0.1, 0.15) is 4.88 Å². The van der Waals surface area contributed by atoms with Crippen molar-refractivity contribution in [3.8, 4) is 0 Å². The Hall–Kier alpha value is -0.820. The highest BCUT2D eigenvalue weighted by Gasteiger charge is 2.14. The Labute approximate surface area is 118 Å². The van der Waals surface area contributed by atoms with Crippen LogP contribution in [0.1, 0.15) is 21.3 Å². The highest BCUT2D eigenvalue weighted by atomic mass is 32.2. The molecule has 1 atom stereocenters. The summed E-state index contributed by atoms with van der Waals surface area (Å²) in [6.45, 7) is 0.237. The average Bonchev–Trinajstić information content (AvgIpc) is 3.04. The molecule has 0 saturated heterocycles. The number of hydrogen-bond donors (Lipinski definition) is 2. The Morgan fingerprint density at radius 2 is 2.33 bits per heavy atom. The molecule has 18 heavy (non-hydrogen) atoms. The molecule has 0 aliphatic heterocycles. The molecule has 2 aromatic heterocycles. The SMILES string of the molecule is CSc1ccsc1C(=O)NCC(O)c1ccsc1. The summed E-state index contributed by atoms with van der Waals surface area (Å²) < 4.78 is 0. The normalized spacial score (nSPS) is 12.3. The van der Waals surface area contributed by atoms with Crippen molar-refractivity contribution in [1.29, 1.82) is 0 Å². The molecular weight excluding hydrogens is 286 g/mol. The molecule has 1 unspecified atom stereocenters. The van der Waals surface area contributed by atoms with Gasteiger partial charge in [-0.2, -0.15) is 11.3 Å². The van der Waals surface area contributed by atoms with Crippen molar-refractivity contribution in [2.45, 2.75) is 11.0 Å². The van der Waals surface area contributed by atoms with Crippen molar-refractivity contribution >= 4 is 40.3 Å². The van der Waals surface area contributed by atoms with Crippen LogP contribution in [0.4, 0.5) is 0 Å². The summed E-state index contributed by atoms with van der Waals surface area (Å²) in [7, 11) is 0. The van der Waals surface area contributed by atoms with E-state index in [0.29, 0.717) is 4.88 Å². The van der Waals surface area contributed by atoms with E-state index in [0.717, 1.165) is 10.5 Å². The molecule has 0 spiro atoms. The van der Waals surface area contributed by atoms with Crippen molar-refractivity contribution < 1.29 is 9.90 Å². The van der Waals surface area contributed by atoms with E-state index in [2.05, 4.69) is 5.32 Å². The largest absolute Gasteiger partial charge is 0.387 e. The molecule has 2 heterocycles. The summed E-state index contributed by atoms with van der Waals surface area (Å²) in [5.74, 6) is -0.122. The topological polar surface area (TPSA) is 49.3 Å². The zero-order chi connectivity index (χ0) is 13.0. The first-order valence-electron chi connectivity index (χ1n) is 5.32. The van der Waals surface area contributed by atoms with Crippen LogP contribution < -0.4 is 5.32 Å². The maximum atomic E-state index is 11.9. The molecule has 2 aromatic rings. The van der Waals surface area contributed by atoms with Gasteiger partial charge in [-0.1, -0.05) is 0 Å². The lowest BCUT2D eigenvalue weighted by Crippen LogP contribution is -2.27. The molecule has 2 rings (SSSR count). The smallest absolute Gasteiger partial charge is 0.262 e. The summed E-state index contributed by atoms with van der Waals surface area (Å²) in [5, 5.41) is 18.3. The molecule has 3 nitrogen and oxygen atoms in total. The zero-order valence-electron chi connectivity index (χ0n) is 9.75. The van der Waals surface area contributed by atoms with Crippen LogP contribution >= 0.6 is 34.4 Å². The molecule has 96 valence electrons. The lowest BCUT2D eigenvalue weighted by atomic mass is 10.2. The van der Waals surface area contributed by atoms with Gasteiger partial charge in [0.05, 0.1) is 6.10 Å². The summed E-state index contributed by atoms with van der Waals surface area (Å²) in [5.41, 5.74) is 0.844. The number of aliphatic hydroxyl groups is 1. The average molecular weight is 299 g/mol. The van der Waals surface area contributed by atoms with Gasteiger partial charge in [0.2, 0.25) is 0 Å². The monoisotopic (exact) mass is 299 g/mol. The minimum Gasteiger partial charge on any atom is -0.387 e. The Bertz CT molecular complexity index is 507. The number of thioether (sulfide) groups is 1. The first-order chi connectivity index (χ1) is 8.72. The van der Waals surface area contributed by atoms with Crippen LogP contribution in [0.5, 0.6) is 0 Å². The van der Waals surface area contributed by atoms with Gasteiger partial charge in [-0.25, -0.2) is 0 Å². The number of nitrogens with one attached hydrogen (secondary N) is 1. The fraction of sp³-hybridized carbons (Fsp3) is 0.250. The van der Waals surface area contributed by atoms with Crippen molar-refractivity contribution in [2.24, 2.45) is 0 Å². The van der Waals surface area contributed by atoms with Gasteiger partial charge < -0.3 is 10.4 Å². The van der Waals surface area contributed by atoms with E-state index in [1.807, 2.05) is 34.5 Å². The number of aliphatic hydroxyl groups excluding tert-OH is 1. The van der Waals surface area contributed by atoms with Gasteiger partial charge in [-0.05, 0) is 40.1 Å². The molecular formula is C12H13NO2S3. The van der Waals surface area contributed by atoms with Gasteiger partial charge in [0.15, 0.2) is 0 Å². The number of thiophene rings is 2. The van der Waals surface area contributed by atoms with E-state index in [1.54, 1.807) is 11.8 Å². The molecule has 2 N–H and O–H groups in total. The molecule has 0 saturated carbocycles. The Morgan fingerprint density at radius 1 is 1.50 bits per heavy atom. The molecule has 0 aliphatic carbocycles. The Morgan fingerprint density at radius 3 is 3.00 bits per heavy atom. The number of rotatable bonds is 5. The van der Waals surface area contributed by atoms with Crippen LogP contribution in [0.2, 0.25) is 0 Å². The first kappa shape index (κ1) is 13.6. The van der Waals surface area contributed by atoms with Crippen LogP contribution in [0.25, 0.3) is 0 Å². The summed E-state index contributed by atoms with van der Waals surface area (Å²) in [6.07, 6.45) is 1.30. The number of carbonyl (C=O) groups is 1. The third kappa shape index (κ3) is 3.14. The summed E-state index contributed by atoms with van der Waals surface area (Å²) in [4.78, 5) is 13.6. The molecule has 0 radical (unpaired) electrons. The standard InChI is InChI=1S/C12H13NO2S3/c1-16-10-3-5-18-11(10)12(15)13-6-9(14)8-2-4-17-7-8/h2-5,7,9,14H,6H2,1H3,(H,13,15). The lowest BCUT2D eigenvalue weighted by molar-refractivity contribution is 0.0918. The maximum Gasteiger partial charge on any atom is 0.262 e. The fourth-order valence-corrected chi connectivity index (χ4v) is 3.85. The zero-order valence-corrected chi connectivity index (χ0v) is 12.2.